The van der Waals surface area contributed by atoms with Gasteiger partial charge in [0.15, 0.2) is 8.32 Å². The zero-order chi connectivity index (χ0) is 35.8. The van der Waals surface area contributed by atoms with E-state index in [0.717, 1.165) is 11.1 Å². The van der Waals surface area contributed by atoms with Crippen LogP contribution in [0.15, 0.2) is 42.5 Å². The van der Waals surface area contributed by atoms with Crippen LogP contribution >= 0.6 is 11.6 Å². The lowest BCUT2D eigenvalue weighted by atomic mass is 9.68. The fourth-order valence-corrected chi connectivity index (χ4v) is 7.06. The van der Waals surface area contributed by atoms with Gasteiger partial charge in [-0.25, -0.2) is 0 Å². The van der Waals surface area contributed by atoms with Crippen LogP contribution in [0.1, 0.15) is 69.8 Å². The monoisotopic (exact) mass is 706 g/mol. The number of benzene rings is 2. The molecule has 0 spiro atoms. The lowest BCUT2D eigenvalue weighted by molar-refractivity contribution is -0.189. The van der Waals surface area contributed by atoms with Gasteiger partial charge >= 0.3 is 23.9 Å². The third kappa shape index (κ3) is 11.0. The minimum Gasteiger partial charge on any atom is -0.491 e. The number of carboxylic acid groups (broad SMARTS) is 3. The molecule has 0 saturated carbocycles. The van der Waals surface area contributed by atoms with Crippen LogP contribution in [-0.2, 0) is 39.5 Å². The number of ether oxygens (including phenoxy) is 3. The lowest BCUT2D eigenvalue weighted by Crippen LogP contribution is -2.48. The molecule has 1 fully saturated rings. The number of carbonyl (C=O) groups is 4. The van der Waals surface area contributed by atoms with Gasteiger partial charge in [-0.05, 0) is 65.4 Å². The van der Waals surface area contributed by atoms with Gasteiger partial charge in [-0.1, -0.05) is 56.6 Å². The van der Waals surface area contributed by atoms with Crippen LogP contribution in [0.4, 0.5) is 0 Å². The van der Waals surface area contributed by atoms with Crippen molar-refractivity contribution in [1.29, 1.82) is 0 Å². The normalized spacial score (nSPS) is 21.4. The third-order valence-electron chi connectivity index (χ3n) is 9.31. The molecule has 48 heavy (non-hydrogen) atoms. The van der Waals surface area contributed by atoms with Crippen LogP contribution < -0.4 is 4.74 Å². The van der Waals surface area contributed by atoms with E-state index in [1.807, 2.05) is 24.3 Å². The summed E-state index contributed by atoms with van der Waals surface area (Å²) in [6, 6.07) is 12.7. The average molecular weight is 707 g/mol. The first-order chi connectivity index (χ1) is 22.4. The van der Waals surface area contributed by atoms with Gasteiger partial charge in [0.05, 0.1) is 31.7 Å². The second kappa shape index (κ2) is 16.8. The van der Waals surface area contributed by atoms with Crippen molar-refractivity contribution in [1.82, 2.24) is 0 Å². The molecule has 0 radical (unpaired) electrons. The van der Waals surface area contributed by atoms with Crippen molar-refractivity contribution in [2.45, 2.75) is 83.7 Å². The van der Waals surface area contributed by atoms with Crippen molar-refractivity contribution >= 4 is 43.8 Å². The molecule has 264 valence electrons. The molecule has 0 bridgehead atoms. The minimum atomic E-state index is -1.86. The van der Waals surface area contributed by atoms with E-state index in [-0.39, 0.29) is 11.6 Å². The van der Waals surface area contributed by atoms with Crippen molar-refractivity contribution in [3.05, 3.63) is 64.2 Å². The van der Waals surface area contributed by atoms with Crippen molar-refractivity contribution in [3.8, 4) is 5.75 Å². The van der Waals surface area contributed by atoms with Crippen LogP contribution in [0.5, 0.6) is 5.75 Å². The number of hydrogen-bond donors (Lipinski definition) is 3. The average Bonchev–Trinajstić information content (AvgIpc) is 2.97. The molecule has 3 N–H and O–H groups in total. The molecule has 1 aliphatic heterocycles. The summed E-state index contributed by atoms with van der Waals surface area (Å²) in [6.45, 7) is 12.8. The number of hydrogen-bond acceptors (Lipinski definition) is 8. The Kier molecular flexibility index (Phi) is 13.6. The molecule has 0 aliphatic carbocycles. The van der Waals surface area contributed by atoms with Gasteiger partial charge in [-0.2, -0.15) is 0 Å². The summed E-state index contributed by atoms with van der Waals surface area (Å²) in [5.74, 6) is -6.20. The Labute approximate surface area is 287 Å². The highest BCUT2D eigenvalue weighted by Gasteiger charge is 2.48. The Bertz CT molecular complexity index is 1440. The van der Waals surface area contributed by atoms with Crippen LogP contribution in [0.2, 0.25) is 23.2 Å². The molecular weight excluding hydrogens is 660 g/mol. The van der Waals surface area contributed by atoms with Crippen LogP contribution in [0, 0.1) is 17.8 Å². The Balaban J connectivity index is 1.85. The highest BCUT2D eigenvalue weighted by molar-refractivity contribution is 6.74. The smallest absolute Gasteiger partial charge is 0.303 e. The van der Waals surface area contributed by atoms with E-state index >= 15 is 0 Å². The maximum Gasteiger partial charge on any atom is 0.303 e. The van der Waals surface area contributed by atoms with E-state index in [0.29, 0.717) is 36.0 Å². The van der Waals surface area contributed by atoms with Gasteiger partial charge in [0.25, 0.3) is 0 Å². The van der Waals surface area contributed by atoms with E-state index in [9.17, 15) is 34.5 Å². The molecule has 11 nitrogen and oxygen atoms in total. The van der Waals surface area contributed by atoms with Crippen molar-refractivity contribution in [3.63, 3.8) is 0 Å². The summed E-state index contributed by atoms with van der Waals surface area (Å²) in [6.07, 6.45) is -2.92. The summed E-state index contributed by atoms with van der Waals surface area (Å²) in [5.41, 5.74) is 2.21. The number of carbonyl (C=O) groups excluding carboxylic acids is 1. The first kappa shape index (κ1) is 39.0. The molecule has 2 aromatic rings. The molecule has 0 unspecified atom stereocenters. The van der Waals surface area contributed by atoms with Crippen LogP contribution in [0.25, 0.3) is 0 Å². The van der Waals surface area contributed by atoms with Crippen molar-refractivity contribution in [2.75, 3.05) is 19.8 Å². The van der Waals surface area contributed by atoms with Crippen LogP contribution in [0.3, 0.4) is 0 Å². The van der Waals surface area contributed by atoms with E-state index in [4.69, 9.17) is 30.2 Å². The number of aliphatic carboxylic acids is 3. The molecule has 2 aromatic carbocycles. The Morgan fingerprint density at radius 1 is 0.854 bits per heavy atom. The van der Waals surface area contributed by atoms with E-state index in [1.54, 1.807) is 18.2 Å². The van der Waals surface area contributed by atoms with Gasteiger partial charge < -0.3 is 34.0 Å². The Morgan fingerprint density at radius 3 is 2.00 bits per heavy atom. The summed E-state index contributed by atoms with van der Waals surface area (Å²) in [4.78, 5) is 47.5. The zero-order valence-electron chi connectivity index (χ0n) is 28.4. The molecule has 3 rings (SSSR count). The molecule has 1 aliphatic rings. The maximum atomic E-state index is 12.0. The Morgan fingerprint density at radius 2 is 1.44 bits per heavy atom. The molecule has 1 heterocycles. The largest absolute Gasteiger partial charge is 0.491 e. The summed E-state index contributed by atoms with van der Waals surface area (Å²) in [5, 5.41) is 29.8. The molecule has 0 aromatic heterocycles. The second-order valence-corrected chi connectivity index (χ2v) is 19.0. The number of rotatable bonds is 16. The highest BCUT2D eigenvalue weighted by Crippen LogP contribution is 2.48. The van der Waals surface area contributed by atoms with Gasteiger partial charge in [0.2, 0.25) is 0 Å². The molecular formula is C35H47ClO11Si. The summed E-state index contributed by atoms with van der Waals surface area (Å²) >= 11 is 6.61. The molecule has 5 atom stereocenters. The summed E-state index contributed by atoms with van der Waals surface area (Å²) in [7, 11) is -1.86. The molecule has 1 saturated heterocycles. The number of halogens is 1. The van der Waals surface area contributed by atoms with E-state index in [1.165, 1.54) is 6.92 Å². The lowest BCUT2D eigenvalue weighted by Gasteiger charge is -2.46. The SMILES string of the molecule is CC(=O)OC[C@@H]1O[C@H](c2ccc(Cl)c(Cc3ccc(OCCO[Si](C)(C)C(C)(C)C)cc3)c2)[C@@H](CC(=O)O)[C@@H](CC(=O)O)[C@H]1CC(=O)O. The van der Waals surface area contributed by atoms with E-state index < -0.39 is 81.4 Å². The fourth-order valence-electron chi connectivity index (χ4n) is 5.85. The first-order valence-corrected chi connectivity index (χ1v) is 19.2. The summed E-state index contributed by atoms with van der Waals surface area (Å²) < 4.78 is 23.6. The van der Waals surface area contributed by atoms with Gasteiger partial charge in [-0.3, -0.25) is 19.2 Å². The maximum absolute atomic E-state index is 12.0. The zero-order valence-corrected chi connectivity index (χ0v) is 30.1. The van der Waals surface area contributed by atoms with Gasteiger partial charge in [0, 0.05) is 30.2 Å². The quantitative estimate of drug-likeness (QED) is 0.0977. The number of carboxylic acids is 3. The van der Waals surface area contributed by atoms with Gasteiger partial charge in [-0.15, -0.1) is 0 Å². The second-order valence-electron chi connectivity index (χ2n) is 13.8. The predicted octanol–water partition coefficient (Wildman–Crippen LogP) is 6.61. The number of esters is 1. The highest BCUT2D eigenvalue weighted by atomic mass is 35.5. The van der Waals surface area contributed by atoms with Crippen molar-refractivity contribution in [2.24, 2.45) is 17.8 Å². The minimum absolute atomic E-state index is 0.113. The van der Waals surface area contributed by atoms with E-state index in [2.05, 4.69) is 33.9 Å². The fraction of sp³-hybridized carbons (Fsp3) is 0.543. The standard InChI is InChI=1S/C35H47ClO11Si/c1-21(37)45-20-30-27(18-32(40)41)26(17-31(38)39)28(19-33(42)43)34(47-30)23-9-12-29(36)24(16-23)15-22-7-10-25(11-8-22)44-13-14-46-48(5,6)35(2,3)4/h7-12,16,26-28,30,34H,13-15,17-20H2,1-6H3,(H,38,39)(H,40,41)(H,42,43)/t26-,27+,28-,30-,34+/m0/s1. The van der Waals surface area contributed by atoms with Crippen molar-refractivity contribution < 1.29 is 53.1 Å². The third-order valence-corrected chi connectivity index (χ3v) is 14.2. The molecule has 0 amide bonds. The first-order valence-electron chi connectivity index (χ1n) is 16.0. The Hall–Kier alpha value is -3.45. The van der Waals surface area contributed by atoms with Crippen LogP contribution in [-0.4, -0.2) is 73.4 Å². The predicted molar refractivity (Wildman–Crippen MR) is 181 cm³/mol. The van der Waals surface area contributed by atoms with Gasteiger partial charge in [0.1, 0.15) is 19.0 Å². The topological polar surface area (TPSA) is 166 Å². The molecule has 13 heteroatoms.